The predicted octanol–water partition coefficient (Wildman–Crippen LogP) is 3.56. The molecule has 0 atom stereocenters. The largest absolute Gasteiger partial charge is 0.324 e. The van der Waals surface area contributed by atoms with Crippen LogP contribution in [0, 0.1) is 0 Å². The molecule has 154 valence electrons. The average molecular weight is 422 g/mol. The number of nitrogens with zero attached hydrogens (tertiary/aromatic N) is 3. The van der Waals surface area contributed by atoms with Crippen LogP contribution in [0.3, 0.4) is 0 Å². The average Bonchev–Trinajstić information content (AvgIpc) is 3.31. The number of hydrogen-bond donors (Lipinski definition) is 0. The lowest BCUT2D eigenvalue weighted by Crippen LogP contribution is -2.31. The number of urea groups is 1. The van der Waals surface area contributed by atoms with E-state index in [9.17, 15) is 13.2 Å². The molecule has 0 aromatic heterocycles. The number of benzene rings is 3. The lowest BCUT2D eigenvalue weighted by atomic mass is 10.1. The van der Waals surface area contributed by atoms with Crippen LogP contribution in [0.25, 0.3) is 10.8 Å². The van der Waals surface area contributed by atoms with E-state index in [0.717, 1.165) is 22.4 Å². The van der Waals surface area contributed by atoms with Crippen molar-refractivity contribution in [2.75, 3.05) is 24.2 Å². The summed E-state index contributed by atoms with van der Waals surface area (Å²) in [4.78, 5) is 16.7. The van der Waals surface area contributed by atoms with Crippen molar-refractivity contribution >= 4 is 32.5 Å². The topological polar surface area (TPSA) is 60.9 Å². The van der Waals surface area contributed by atoms with Crippen LogP contribution in [0.5, 0.6) is 0 Å². The first-order valence-corrected chi connectivity index (χ1v) is 11.8. The molecular formula is C23H23N3O3S. The van der Waals surface area contributed by atoms with Gasteiger partial charge in [0.25, 0.3) is 0 Å². The Labute approximate surface area is 176 Å². The Hall–Kier alpha value is -2.90. The third kappa shape index (κ3) is 3.44. The molecule has 0 unspecified atom stereocenters. The molecule has 0 bridgehead atoms. The quantitative estimate of drug-likeness (QED) is 0.647. The zero-order valence-corrected chi connectivity index (χ0v) is 17.6. The fraction of sp³-hybridized carbons (Fsp3) is 0.261. The zero-order chi connectivity index (χ0) is 20.9. The molecule has 1 fully saturated rings. The minimum Gasteiger partial charge on any atom is -0.318 e. The van der Waals surface area contributed by atoms with Crippen LogP contribution in [0.4, 0.5) is 10.5 Å². The smallest absolute Gasteiger partial charge is 0.318 e. The highest BCUT2D eigenvalue weighted by Crippen LogP contribution is 2.30. The number of amides is 2. The molecule has 0 N–H and O–H groups in total. The highest BCUT2D eigenvalue weighted by Gasteiger charge is 2.31. The first-order chi connectivity index (χ1) is 14.4. The Balaban J connectivity index is 1.33. The minimum absolute atomic E-state index is 0.0129. The lowest BCUT2D eigenvalue weighted by Gasteiger charge is -2.19. The van der Waals surface area contributed by atoms with Crippen LogP contribution in [0.2, 0.25) is 0 Å². The maximum Gasteiger partial charge on any atom is 0.324 e. The highest BCUT2D eigenvalue weighted by molar-refractivity contribution is 7.88. The van der Waals surface area contributed by atoms with E-state index in [-0.39, 0.29) is 6.03 Å². The molecule has 5 rings (SSSR count). The van der Waals surface area contributed by atoms with E-state index in [4.69, 9.17) is 0 Å². The van der Waals surface area contributed by atoms with Crippen molar-refractivity contribution in [3.05, 3.63) is 77.4 Å². The van der Waals surface area contributed by atoms with Crippen molar-refractivity contribution in [1.82, 2.24) is 9.21 Å². The maximum absolute atomic E-state index is 13.0. The third-order valence-electron chi connectivity index (χ3n) is 5.95. The van der Waals surface area contributed by atoms with Gasteiger partial charge in [0.1, 0.15) is 0 Å². The summed E-state index contributed by atoms with van der Waals surface area (Å²) in [5.74, 6) is 0. The second-order valence-electron chi connectivity index (χ2n) is 8.02. The Bertz CT molecular complexity index is 1260. The SMILES string of the molecule is CS(=O)(=O)N1Cc2ccc(N3CCN(Cc4ccc5ccccc5c4)C3=O)cc2C1. The third-order valence-corrected chi connectivity index (χ3v) is 7.14. The highest BCUT2D eigenvalue weighted by atomic mass is 32.2. The molecule has 3 aromatic rings. The van der Waals surface area contributed by atoms with E-state index in [0.29, 0.717) is 32.7 Å². The first kappa shape index (κ1) is 19.1. The van der Waals surface area contributed by atoms with Gasteiger partial charge in [0.05, 0.1) is 6.26 Å². The van der Waals surface area contributed by atoms with Gasteiger partial charge >= 0.3 is 6.03 Å². The molecule has 2 heterocycles. The summed E-state index contributed by atoms with van der Waals surface area (Å²) in [6.07, 6.45) is 1.23. The van der Waals surface area contributed by atoms with Gasteiger partial charge in [0, 0.05) is 38.4 Å². The summed E-state index contributed by atoms with van der Waals surface area (Å²) >= 11 is 0. The van der Waals surface area contributed by atoms with Gasteiger partial charge in [0.2, 0.25) is 10.0 Å². The summed E-state index contributed by atoms with van der Waals surface area (Å²) in [5.41, 5.74) is 3.92. The van der Waals surface area contributed by atoms with Gasteiger partial charge in [-0.2, -0.15) is 4.31 Å². The number of sulfonamides is 1. The van der Waals surface area contributed by atoms with Gasteiger partial charge < -0.3 is 4.90 Å². The number of hydrogen-bond acceptors (Lipinski definition) is 3. The standard InChI is InChI=1S/C23H23N3O3S/c1-30(28,29)25-15-20-8-9-22(13-21(20)16-25)26-11-10-24(23(26)27)14-17-6-7-18-4-2-3-5-19(18)12-17/h2-9,12-13H,10-11,14-16H2,1H3. The summed E-state index contributed by atoms with van der Waals surface area (Å²) in [7, 11) is -3.23. The fourth-order valence-corrected chi connectivity index (χ4v) is 5.03. The fourth-order valence-electron chi connectivity index (χ4n) is 4.28. The summed E-state index contributed by atoms with van der Waals surface area (Å²) in [5, 5.41) is 2.37. The van der Waals surface area contributed by atoms with E-state index in [2.05, 4.69) is 30.3 Å². The van der Waals surface area contributed by atoms with Crippen LogP contribution in [0.15, 0.2) is 60.7 Å². The molecule has 2 aliphatic rings. The summed E-state index contributed by atoms with van der Waals surface area (Å²) < 4.78 is 25.2. The van der Waals surface area contributed by atoms with Crippen LogP contribution in [-0.4, -0.2) is 43.0 Å². The molecule has 6 nitrogen and oxygen atoms in total. The molecule has 7 heteroatoms. The van der Waals surface area contributed by atoms with Crippen molar-refractivity contribution < 1.29 is 13.2 Å². The van der Waals surface area contributed by atoms with E-state index in [1.807, 2.05) is 35.2 Å². The molecule has 0 aliphatic carbocycles. The van der Waals surface area contributed by atoms with Gasteiger partial charge in [-0.3, -0.25) is 4.90 Å². The van der Waals surface area contributed by atoms with Crippen molar-refractivity contribution in [3.63, 3.8) is 0 Å². The monoisotopic (exact) mass is 421 g/mol. The second-order valence-corrected chi connectivity index (χ2v) is 10.0. The van der Waals surface area contributed by atoms with Crippen LogP contribution in [-0.2, 0) is 29.7 Å². The minimum atomic E-state index is -3.23. The first-order valence-electron chi connectivity index (χ1n) is 9.99. The van der Waals surface area contributed by atoms with Crippen LogP contribution in [0.1, 0.15) is 16.7 Å². The molecule has 2 aliphatic heterocycles. The van der Waals surface area contributed by atoms with Gasteiger partial charge in [0.15, 0.2) is 0 Å². The molecule has 30 heavy (non-hydrogen) atoms. The number of fused-ring (bicyclic) bond motifs is 2. The zero-order valence-electron chi connectivity index (χ0n) is 16.8. The second kappa shape index (κ2) is 7.11. The lowest BCUT2D eigenvalue weighted by molar-refractivity contribution is 0.219. The van der Waals surface area contributed by atoms with Crippen molar-refractivity contribution in [3.8, 4) is 0 Å². The number of anilines is 1. The summed E-state index contributed by atoms with van der Waals surface area (Å²) in [6, 6.07) is 20.3. The molecule has 0 radical (unpaired) electrons. The van der Waals surface area contributed by atoms with Crippen molar-refractivity contribution in [2.24, 2.45) is 0 Å². The van der Waals surface area contributed by atoms with E-state index in [1.165, 1.54) is 21.3 Å². The Morgan fingerprint density at radius 2 is 1.63 bits per heavy atom. The van der Waals surface area contributed by atoms with Gasteiger partial charge in [-0.15, -0.1) is 0 Å². The molecule has 1 saturated heterocycles. The van der Waals surface area contributed by atoms with Gasteiger partial charge in [-0.25, -0.2) is 13.2 Å². The number of rotatable bonds is 4. The van der Waals surface area contributed by atoms with E-state index in [1.54, 1.807) is 4.90 Å². The van der Waals surface area contributed by atoms with Gasteiger partial charge in [-0.05, 0) is 45.7 Å². The Kier molecular flexibility index (Phi) is 4.52. The Morgan fingerprint density at radius 3 is 2.43 bits per heavy atom. The number of carbonyl (C=O) groups excluding carboxylic acids is 1. The maximum atomic E-state index is 13.0. The molecular weight excluding hydrogens is 398 g/mol. The summed E-state index contributed by atoms with van der Waals surface area (Å²) in [6.45, 7) is 2.63. The van der Waals surface area contributed by atoms with Crippen molar-refractivity contribution in [2.45, 2.75) is 19.6 Å². The molecule has 2 amide bonds. The molecule has 0 spiro atoms. The van der Waals surface area contributed by atoms with Crippen LogP contribution < -0.4 is 4.90 Å². The number of carbonyl (C=O) groups is 1. The molecule has 0 saturated carbocycles. The van der Waals surface area contributed by atoms with E-state index < -0.39 is 10.0 Å². The van der Waals surface area contributed by atoms with Gasteiger partial charge in [-0.1, -0.05) is 42.5 Å². The normalized spacial score (nSPS) is 17.2. The molecule has 3 aromatic carbocycles. The van der Waals surface area contributed by atoms with E-state index >= 15 is 0 Å². The Morgan fingerprint density at radius 1 is 0.867 bits per heavy atom. The van der Waals surface area contributed by atoms with Crippen LogP contribution >= 0.6 is 0 Å². The predicted molar refractivity (Wildman–Crippen MR) is 118 cm³/mol. The van der Waals surface area contributed by atoms with Crippen molar-refractivity contribution in [1.29, 1.82) is 0 Å².